The van der Waals surface area contributed by atoms with Gasteiger partial charge in [-0.2, -0.15) is 5.26 Å². The lowest BCUT2D eigenvalue weighted by Gasteiger charge is -2.02. The molecule has 0 aromatic carbocycles. The molecule has 2 nitrogen and oxygen atoms in total. The summed E-state index contributed by atoms with van der Waals surface area (Å²) >= 11 is 5.41. The monoisotopic (exact) mass is 188 g/mol. The first-order valence-corrected chi connectivity index (χ1v) is 3.36. The first kappa shape index (κ1) is 8.88. The number of nitriles is 1. The second-order valence-electron chi connectivity index (χ2n) is 2.00. The van der Waals surface area contributed by atoms with Crippen LogP contribution in [-0.2, 0) is 0 Å². The van der Waals surface area contributed by atoms with Gasteiger partial charge in [0.25, 0.3) is 6.43 Å². The first-order valence-electron chi connectivity index (χ1n) is 2.98. The molecule has 0 fully saturated rings. The van der Waals surface area contributed by atoms with E-state index in [1.165, 1.54) is 0 Å². The highest BCUT2D eigenvalue weighted by Crippen LogP contribution is 2.28. The van der Waals surface area contributed by atoms with Gasteiger partial charge in [0, 0.05) is 12.4 Å². The van der Waals surface area contributed by atoms with Crippen molar-refractivity contribution in [2.45, 2.75) is 6.43 Å². The number of aromatic nitrogens is 1. The number of pyridine rings is 1. The van der Waals surface area contributed by atoms with Crippen molar-refractivity contribution in [3.63, 3.8) is 0 Å². The molecule has 0 saturated heterocycles. The van der Waals surface area contributed by atoms with Crippen LogP contribution in [0, 0.1) is 11.3 Å². The summed E-state index contributed by atoms with van der Waals surface area (Å²) in [7, 11) is 0. The maximum Gasteiger partial charge on any atom is 0.266 e. The quantitative estimate of drug-likeness (QED) is 0.679. The molecule has 1 heterocycles. The highest BCUT2D eigenvalue weighted by molar-refractivity contribution is 6.31. The largest absolute Gasteiger partial charge is 0.266 e. The van der Waals surface area contributed by atoms with Gasteiger partial charge in [0.05, 0.1) is 16.1 Å². The maximum atomic E-state index is 12.2. The van der Waals surface area contributed by atoms with Gasteiger partial charge < -0.3 is 0 Å². The Hall–Kier alpha value is -1.21. The second-order valence-corrected chi connectivity index (χ2v) is 2.40. The van der Waals surface area contributed by atoms with E-state index in [0.717, 1.165) is 12.4 Å². The van der Waals surface area contributed by atoms with Gasteiger partial charge in [-0.25, -0.2) is 8.78 Å². The lowest BCUT2D eigenvalue weighted by Crippen LogP contribution is -1.92. The van der Waals surface area contributed by atoms with Crippen LogP contribution in [0.4, 0.5) is 8.78 Å². The fraction of sp³-hybridized carbons (Fsp3) is 0.143. The van der Waals surface area contributed by atoms with Crippen LogP contribution in [0.5, 0.6) is 0 Å². The minimum Gasteiger partial charge on any atom is -0.262 e. The summed E-state index contributed by atoms with van der Waals surface area (Å²) in [5.74, 6) is 0. The highest BCUT2D eigenvalue weighted by atomic mass is 35.5. The van der Waals surface area contributed by atoms with Gasteiger partial charge >= 0.3 is 0 Å². The molecule has 1 rings (SSSR count). The van der Waals surface area contributed by atoms with E-state index >= 15 is 0 Å². The van der Waals surface area contributed by atoms with Crippen molar-refractivity contribution >= 4 is 11.6 Å². The van der Waals surface area contributed by atoms with Crippen LogP contribution < -0.4 is 0 Å². The predicted octanol–water partition coefficient (Wildman–Crippen LogP) is 2.54. The molecule has 0 aliphatic heterocycles. The van der Waals surface area contributed by atoms with Gasteiger partial charge in [0.15, 0.2) is 0 Å². The van der Waals surface area contributed by atoms with Crippen LogP contribution in [0.1, 0.15) is 17.6 Å². The fourth-order valence-electron chi connectivity index (χ4n) is 0.756. The molecule has 5 heteroatoms. The lowest BCUT2D eigenvalue weighted by molar-refractivity contribution is 0.151. The molecular weight excluding hydrogens is 186 g/mol. The van der Waals surface area contributed by atoms with E-state index in [2.05, 4.69) is 4.98 Å². The Morgan fingerprint density at radius 1 is 1.50 bits per heavy atom. The highest BCUT2D eigenvalue weighted by Gasteiger charge is 2.16. The van der Waals surface area contributed by atoms with Crippen molar-refractivity contribution in [3.8, 4) is 6.07 Å². The van der Waals surface area contributed by atoms with E-state index in [1.807, 2.05) is 0 Å². The van der Waals surface area contributed by atoms with Crippen molar-refractivity contribution in [2.75, 3.05) is 0 Å². The summed E-state index contributed by atoms with van der Waals surface area (Å²) in [6, 6.07) is 1.59. The number of alkyl halides is 2. The summed E-state index contributed by atoms with van der Waals surface area (Å²) in [4.78, 5) is 3.51. The Bertz CT molecular complexity index is 333. The van der Waals surface area contributed by atoms with Gasteiger partial charge in [-0.1, -0.05) is 11.6 Å². The van der Waals surface area contributed by atoms with Crippen LogP contribution in [0.3, 0.4) is 0 Å². The standard InChI is InChI=1S/C7H3ClF2N2/c8-5-3-12-2-4(1-11)6(5)7(9)10/h2-3,7H. The van der Waals surface area contributed by atoms with Crippen molar-refractivity contribution in [2.24, 2.45) is 0 Å². The van der Waals surface area contributed by atoms with E-state index in [0.29, 0.717) is 0 Å². The summed E-state index contributed by atoms with van der Waals surface area (Å²) in [6.45, 7) is 0. The number of hydrogen-bond donors (Lipinski definition) is 0. The van der Waals surface area contributed by atoms with Crippen LogP contribution in [0.25, 0.3) is 0 Å². The van der Waals surface area contributed by atoms with Gasteiger partial charge in [-0.15, -0.1) is 0 Å². The van der Waals surface area contributed by atoms with E-state index in [1.54, 1.807) is 6.07 Å². The Morgan fingerprint density at radius 2 is 2.17 bits per heavy atom. The van der Waals surface area contributed by atoms with E-state index in [-0.39, 0.29) is 10.6 Å². The van der Waals surface area contributed by atoms with Gasteiger partial charge in [0.1, 0.15) is 6.07 Å². The topological polar surface area (TPSA) is 36.7 Å². The molecule has 0 amide bonds. The fourth-order valence-corrected chi connectivity index (χ4v) is 0.996. The van der Waals surface area contributed by atoms with Crippen LogP contribution in [0.15, 0.2) is 12.4 Å². The molecular formula is C7H3ClF2N2. The molecule has 12 heavy (non-hydrogen) atoms. The van der Waals surface area contributed by atoms with E-state index in [9.17, 15) is 8.78 Å². The molecule has 0 aliphatic rings. The van der Waals surface area contributed by atoms with Gasteiger partial charge in [-0.3, -0.25) is 4.98 Å². The zero-order valence-corrected chi connectivity index (χ0v) is 6.52. The van der Waals surface area contributed by atoms with Crippen LogP contribution in [-0.4, -0.2) is 4.98 Å². The molecule has 0 saturated carbocycles. The summed E-state index contributed by atoms with van der Waals surface area (Å²) < 4.78 is 24.4. The molecule has 0 radical (unpaired) electrons. The Labute approximate surface area is 72.4 Å². The Morgan fingerprint density at radius 3 is 2.58 bits per heavy atom. The van der Waals surface area contributed by atoms with E-state index in [4.69, 9.17) is 16.9 Å². The summed E-state index contributed by atoms with van der Waals surface area (Å²) in [5.41, 5.74) is -0.633. The third-order valence-electron chi connectivity index (χ3n) is 1.28. The van der Waals surface area contributed by atoms with Crippen molar-refractivity contribution in [1.29, 1.82) is 5.26 Å². The molecule has 0 N–H and O–H groups in total. The molecule has 62 valence electrons. The number of rotatable bonds is 1. The number of hydrogen-bond acceptors (Lipinski definition) is 2. The molecule has 0 bridgehead atoms. The summed E-state index contributed by atoms with van der Waals surface area (Å²) in [5, 5.41) is 8.23. The first-order chi connectivity index (χ1) is 5.66. The number of halogens is 3. The molecule has 0 aliphatic carbocycles. The third-order valence-corrected chi connectivity index (χ3v) is 1.58. The molecule has 0 atom stereocenters. The Kier molecular flexibility index (Phi) is 2.56. The zero-order chi connectivity index (χ0) is 9.14. The molecule has 1 aromatic rings. The SMILES string of the molecule is N#Cc1cncc(Cl)c1C(F)F. The predicted molar refractivity (Wildman–Crippen MR) is 38.9 cm³/mol. The van der Waals surface area contributed by atoms with Crippen molar-refractivity contribution < 1.29 is 8.78 Å². The lowest BCUT2D eigenvalue weighted by atomic mass is 10.1. The van der Waals surface area contributed by atoms with Crippen molar-refractivity contribution in [3.05, 3.63) is 28.5 Å². The zero-order valence-electron chi connectivity index (χ0n) is 5.76. The molecule has 0 spiro atoms. The van der Waals surface area contributed by atoms with Crippen molar-refractivity contribution in [1.82, 2.24) is 4.98 Å². The van der Waals surface area contributed by atoms with E-state index < -0.39 is 12.0 Å². The average molecular weight is 189 g/mol. The van der Waals surface area contributed by atoms with Gasteiger partial charge in [0.2, 0.25) is 0 Å². The van der Waals surface area contributed by atoms with Crippen LogP contribution in [0.2, 0.25) is 5.02 Å². The maximum absolute atomic E-state index is 12.2. The summed E-state index contributed by atoms with van der Waals surface area (Å²) in [6.07, 6.45) is -0.591. The second kappa shape index (κ2) is 3.46. The third kappa shape index (κ3) is 1.51. The molecule has 1 aromatic heterocycles. The minimum absolute atomic E-state index is 0.177. The minimum atomic E-state index is -2.74. The molecule has 0 unspecified atom stereocenters. The number of nitrogens with zero attached hydrogens (tertiary/aromatic N) is 2. The van der Waals surface area contributed by atoms with Gasteiger partial charge in [-0.05, 0) is 0 Å². The average Bonchev–Trinajstić information content (AvgIpc) is 2.03. The Balaban J connectivity index is 3.32. The smallest absolute Gasteiger partial charge is 0.262 e. The van der Waals surface area contributed by atoms with Crippen LogP contribution >= 0.6 is 11.6 Å². The normalized spacial score (nSPS) is 9.92.